The highest BCUT2D eigenvalue weighted by molar-refractivity contribution is 7.89. The van der Waals surface area contributed by atoms with Crippen molar-refractivity contribution >= 4 is 21.7 Å². The number of hydrogen-bond donors (Lipinski definition) is 1. The molecule has 1 aliphatic heterocycles. The number of nitrogens with two attached hydrogens (primary N) is 1. The standard InChI is InChI=1S/C14H20N2O4S/c1-2-20-14(17)11-4-3-9-16(10-11)21(18,19)13-7-5-12(15)6-8-13/h5-8,11H,2-4,9-10,15H2,1H3. The monoisotopic (exact) mass is 312 g/mol. The number of ether oxygens (including phenoxy) is 1. The third-order valence-corrected chi connectivity index (χ3v) is 5.40. The van der Waals surface area contributed by atoms with E-state index < -0.39 is 10.0 Å². The molecule has 0 saturated carbocycles. The normalized spacial score (nSPS) is 20.1. The molecule has 0 spiro atoms. The van der Waals surface area contributed by atoms with Gasteiger partial charge in [0.2, 0.25) is 10.0 Å². The Morgan fingerprint density at radius 3 is 2.67 bits per heavy atom. The van der Waals surface area contributed by atoms with Gasteiger partial charge in [-0.1, -0.05) is 0 Å². The second kappa shape index (κ2) is 6.44. The van der Waals surface area contributed by atoms with Gasteiger partial charge in [-0.15, -0.1) is 0 Å². The summed E-state index contributed by atoms with van der Waals surface area (Å²) in [6, 6.07) is 6.08. The lowest BCUT2D eigenvalue weighted by Gasteiger charge is -2.30. The fourth-order valence-corrected chi connectivity index (χ4v) is 3.93. The first-order chi connectivity index (χ1) is 9.95. The smallest absolute Gasteiger partial charge is 0.310 e. The van der Waals surface area contributed by atoms with Crippen molar-refractivity contribution in [3.05, 3.63) is 24.3 Å². The molecule has 116 valence electrons. The zero-order valence-electron chi connectivity index (χ0n) is 12.0. The Labute approximate surface area is 124 Å². The Hall–Kier alpha value is -1.60. The van der Waals surface area contributed by atoms with E-state index in [-0.39, 0.29) is 23.3 Å². The molecule has 0 aliphatic carbocycles. The Bertz CT molecular complexity index is 598. The van der Waals surface area contributed by atoms with Crippen molar-refractivity contribution in [3.63, 3.8) is 0 Å². The number of rotatable bonds is 4. The van der Waals surface area contributed by atoms with Gasteiger partial charge >= 0.3 is 5.97 Å². The van der Waals surface area contributed by atoms with E-state index in [1.165, 1.54) is 16.4 Å². The van der Waals surface area contributed by atoms with Gasteiger partial charge in [-0.05, 0) is 44.0 Å². The van der Waals surface area contributed by atoms with Gasteiger partial charge in [-0.3, -0.25) is 4.79 Å². The van der Waals surface area contributed by atoms with Crippen LogP contribution in [0.25, 0.3) is 0 Å². The predicted molar refractivity (Wildman–Crippen MR) is 79.0 cm³/mol. The van der Waals surface area contributed by atoms with Crippen LogP contribution in [0.3, 0.4) is 0 Å². The van der Waals surface area contributed by atoms with Crippen LogP contribution in [0.5, 0.6) is 0 Å². The van der Waals surface area contributed by atoms with Crippen LogP contribution >= 0.6 is 0 Å². The summed E-state index contributed by atoms with van der Waals surface area (Å²) in [5.74, 6) is -0.711. The molecule has 1 aromatic rings. The molecular formula is C14H20N2O4S. The number of anilines is 1. The number of esters is 1. The molecule has 21 heavy (non-hydrogen) atoms. The van der Waals surface area contributed by atoms with Crippen molar-refractivity contribution < 1.29 is 17.9 Å². The molecule has 0 radical (unpaired) electrons. The lowest BCUT2D eigenvalue weighted by molar-refractivity contribution is -0.149. The molecule has 0 aromatic heterocycles. The molecule has 2 N–H and O–H groups in total. The van der Waals surface area contributed by atoms with Crippen LogP contribution in [0, 0.1) is 5.92 Å². The lowest BCUT2D eigenvalue weighted by Crippen LogP contribution is -2.42. The summed E-state index contributed by atoms with van der Waals surface area (Å²) < 4.78 is 31.5. The fourth-order valence-electron chi connectivity index (χ4n) is 2.40. The van der Waals surface area contributed by atoms with Crippen LogP contribution in [0.1, 0.15) is 19.8 Å². The van der Waals surface area contributed by atoms with Crippen molar-refractivity contribution in [2.75, 3.05) is 25.4 Å². The van der Waals surface area contributed by atoms with Gasteiger partial charge in [0.05, 0.1) is 17.4 Å². The number of carbonyl (C=O) groups excluding carboxylic acids is 1. The maximum atomic E-state index is 12.6. The zero-order valence-corrected chi connectivity index (χ0v) is 12.8. The number of hydrogen-bond acceptors (Lipinski definition) is 5. The molecule has 1 heterocycles. The second-order valence-electron chi connectivity index (χ2n) is 5.02. The van der Waals surface area contributed by atoms with Crippen molar-refractivity contribution in [2.24, 2.45) is 5.92 Å². The van der Waals surface area contributed by atoms with Crippen LogP contribution in [0.15, 0.2) is 29.2 Å². The van der Waals surface area contributed by atoms with Crippen LogP contribution in [-0.4, -0.2) is 38.4 Å². The topological polar surface area (TPSA) is 89.7 Å². The number of nitrogen functional groups attached to an aromatic ring is 1. The summed E-state index contributed by atoms with van der Waals surface area (Å²) in [6.07, 6.45) is 1.31. The van der Waals surface area contributed by atoms with Crippen LogP contribution in [0.2, 0.25) is 0 Å². The summed E-state index contributed by atoms with van der Waals surface area (Å²) >= 11 is 0. The van der Waals surface area contributed by atoms with Gasteiger partial charge in [-0.2, -0.15) is 4.31 Å². The molecule has 1 saturated heterocycles. The molecule has 0 bridgehead atoms. The highest BCUT2D eigenvalue weighted by atomic mass is 32.2. The van der Waals surface area contributed by atoms with Crippen molar-refractivity contribution in [1.82, 2.24) is 4.31 Å². The minimum Gasteiger partial charge on any atom is -0.466 e. The minimum atomic E-state index is -3.59. The van der Waals surface area contributed by atoms with Gasteiger partial charge in [0.15, 0.2) is 0 Å². The summed E-state index contributed by atoms with van der Waals surface area (Å²) in [6.45, 7) is 2.64. The molecule has 1 fully saturated rings. The zero-order chi connectivity index (χ0) is 15.5. The quantitative estimate of drug-likeness (QED) is 0.667. The first-order valence-corrected chi connectivity index (χ1v) is 8.41. The van der Waals surface area contributed by atoms with Crippen LogP contribution < -0.4 is 5.73 Å². The minimum absolute atomic E-state index is 0.172. The van der Waals surface area contributed by atoms with Gasteiger partial charge in [0.1, 0.15) is 0 Å². The predicted octanol–water partition coefficient (Wildman–Crippen LogP) is 1.23. The third kappa shape index (κ3) is 3.54. The average molecular weight is 312 g/mol. The molecule has 1 aromatic carbocycles. The molecule has 1 unspecified atom stereocenters. The summed E-state index contributed by atoms with van der Waals surface area (Å²) in [7, 11) is -3.59. The molecule has 2 rings (SSSR count). The Balaban J connectivity index is 2.16. The highest BCUT2D eigenvalue weighted by Crippen LogP contribution is 2.25. The highest BCUT2D eigenvalue weighted by Gasteiger charge is 2.33. The van der Waals surface area contributed by atoms with Gasteiger partial charge in [-0.25, -0.2) is 8.42 Å². The number of benzene rings is 1. The van der Waals surface area contributed by atoms with E-state index in [1.807, 2.05) is 0 Å². The van der Waals surface area contributed by atoms with Gasteiger partial charge < -0.3 is 10.5 Å². The van der Waals surface area contributed by atoms with Gasteiger partial charge in [0.25, 0.3) is 0 Å². The fraction of sp³-hybridized carbons (Fsp3) is 0.500. The van der Waals surface area contributed by atoms with E-state index in [4.69, 9.17) is 10.5 Å². The number of carbonyl (C=O) groups is 1. The maximum absolute atomic E-state index is 12.6. The first kappa shape index (κ1) is 15.8. The molecule has 7 heteroatoms. The van der Waals surface area contributed by atoms with E-state index in [9.17, 15) is 13.2 Å². The maximum Gasteiger partial charge on any atom is 0.310 e. The largest absolute Gasteiger partial charge is 0.466 e. The number of nitrogens with zero attached hydrogens (tertiary/aromatic N) is 1. The Morgan fingerprint density at radius 2 is 2.05 bits per heavy atom. The molecular weight excluding hydrogens is 292 g/mol. The van der Waals surface area contributed by atoms with Crippen molar-refractivity contribution in [1.29, 1.82) is 0 Å². The van der Waals surface area contributed by atoms with Crippen LogP contribution in [-0.2, 0) is 19.6 Å². The number of piperidine rings is 1. The molecule has 6 nitrogen and oxygen atoms in total. The lowest BCUT2D eigenvalue weighted by atomic mass is 10.0. The average Bonchev–Trinajstić information content (AvgIpc) is 2.48. The Morgan fingerprint density at radius 1 is 1.38 bits per heavy atom. The molecule has 1 aliphatic rings. The van der Waals surface area contributed by atoms with E-state index >= 15 is 0 Å². The summed E-state index contributed by atoms with van der Waals surface area (Å²) in [4.78, 5) is 12.0. The van der Waals surface area contributed by atoms with E-state index in [1.54, 1.807) is 19.1 Å². The van der Waals surface area contributed by atoms with Crippen molar-refractivity contribution in [2.45, 2.75) is 24.7 Å². The van der Waals surface area contributed by atoms with Crippen molar-refractivity contribution in [3.8, 4) is 0 Å². The SMILES string of the molecule is CCOC(=O)C1CCCN(S(=O)(=O)c2ccc(N)cc2)C1. The molecule has 1 atom stereocenters. The van der Waals surface area contributed by atoms with Crippen LogP contribution in [0.4, 0.5) is 5.69 Å². The number of sulfonamides is 1. The van der Waals surface area contributed by atoms with E-state index in [2.05, 4.69) is 0 Å². The second-order valence-corrected chi connectivity index (χ2v) is 6.96. The van der Waals surface area contributed by atoms with E-state index in [0.29, 0.717) is 31.7 Å². The summed E-state index contributed by atoms with van der Waals surface area (Å²) in [5, 5.41) is 0. The van der Waals surface area contributed by atoms with E-state index in [0.717, 1.165) is 0 Å². The first-order valence-electron chi connectivity index (χ1n) is 6.97. The van der Waals surface area contributed by atoms with Gasteiger partial charge in [0, 0.05) is 18.8 Å². The third-order valence-electron chi connectivity index (χ3n) is 3.52. The molecule has 0 amide bonds. The Kier molecular flexibility index (Phi) is 4.84. The summed E-state index contributed by atoms with van der Waals surface area (Å²) in [5.41, 5.74) is 6.09.